The maximum Gasteiger partial charge on any atom is 0.127 e. The Bertz CT molecular complexity index is 906. The summed E-state index contributed by atoms with van der Waals surface area (Å²) in [6.07, 6.45) is 19.8. The molecule has 3 rings (SSSR count). The predicted molar refractivity (Wildman–Crippen MR) is 149 cm³/mol. The van der Waals surface area contributed by atoms with Crippen LogP contribution in [0.5, 0.6) is 0 Å². The number of benzene rings is 2. The van der Waals surface area contributed by atoms with E-state index in [-0.39, 0.29) is 5.82 Å². The second-order valence-electron chi connectivity index (χ2n) is 10.7. The van der Waals surface area contributed by atoms with Crippen molar-refractivity contribution in [1.29, 1.82) is 0 Å². The van der Waals surface area contributed by atoms with Crippen molar-refractivity contribution >= 4 is 0 Å². The number of halogens is 1. The van der Waals surface area contributed by atoms with Crippen LogP contribution in [0.4, 0.5) is 4.39 Å². The summed E-state index contributed by atoms with van der Waals surface area (Å²) in [5, 5.41) is 0. The van der Waals surface area contributed by atoms with Crippen molar-refractivity contribution in [3.8, 4) is 11.8 Å². The first-order chi connectivity index (χ1) is 17.2. The van der Waals surface area contributed by atoms with Gasteiger partial charge in [-0.15, -0.1) is 0 Å². The van der Waals surface area contributed by atoms with E-state index in [1.807, 2.05) is 12.1 Å². The molecule has 0 aliphatic heterocycles. The van der Waals surface area contributed by atoms with Crippen molar-refractivity contribution in [2.45, 2.75) is 122 Å². The molecule has 2 aromatic rings. The Hall–Kier alpha value is -2.07. The van der Waals surface area contributed by atoms with Crippen molar-refractivity contribution in [2.75, 3.05) is 0 Å². The summed E-state index contributed by atoms with van der Waals surface area (Å²) in [5.41, 5.74) is 4.64. The molecule has 1 aliphatic rings. The second-order valence-corrected chi connectivity index (χ2v) is 10.7. The van der Waals surface area contributed by atoms with Gasteiger partial charge >= 0.3 is 0 Å². The Morgan fingerprint density at radius 3 is 2.03 bits per heavy atom. The van der Waals surface area contributed by atoms with Crippen LogP contribution < -0.4 is 0 Å². The molecule has 0 spiro atoms. The van der Waals surface area contributed by atoms with Gasteiger partial charge in [0.25, 0.3) is 0 Å². The van der Waals surface area contributed by atoms with Gasteiger partial charge in [0.2, 0.25) is 0 Å². The van der Waals surface area contributed by atoms with Crippen molar-refractivity contribution in [3.63, 3.8) is 0 Å². The lowest BCUT2D eigenvalue weighted by molar-refractivity contribution is 0.384. The highest BCUT2D eigenvalue weighted by molar-refractivity contribution is 5.37. The predicted octanol–water partition coefficient (Wildman–Crippen LogP) is 10.2. The van der Waals surface area contributed by atoms with Crippen LogP contribution in [0.1, 0.15) is 132 Å². The van der Waals surface area contributed by atoms with Gasteiger partial charge in [-0.05, 0) is 86.1 Å². The van der Waals surface area contributed by atoms with Gasteiger partial charge < -0.3 is 0 Å². The minimum Gasteiger partial charge on any atom is -0.207 e. The monoisotopic (exact) mass is 474 g/mol. The molecule has 0 heterocycles. The normalized spacial score (nSPS) is 17.7. The highest BCUT2D eigenvalue weighted by Gasteiger charge is 2.21. The highest BCUT2D eigenvalue weighted by atomic mass is 19.1. The zero-order valence-corrected chi connectivity index (χ0v) is 22.4. The number of rotatable bonds is 13. The van der Waals surface area contributed by atoms with Crippen molar-refractivity contribution < 1.29 is 4.39 Å². The number of hydrogen-bond acceptors (Lipinski definition) is 0. The standard InChI is InChI=1S/C34H47F/c1-3-5-7-8-9-10-12-13-28-17-22-31(23-18-28)32-24-19-29(20-25-32)15-16-30-21-26-33(34(35)27-30)14-11-6-4-2/h17-18,21-23,26-27,29,32H,3-14,19-20,24-25H2,1-2H3/t29-,32-. The fourth-order valence-electron chi connectivity index (χ4n) is 5.39. The highest BCUT2D eigenvalue weighted by Crippen LogP contribution is 2.35. The van der Waals surface area contributed by atoms with E-state index in [9.17, 15) is 4.39 Å². The molecular weight excluding hydrogens is 427 g/mol. The maximum absolute atomic E-state index is 14.4. The van der Waals surface area contributed by atoms with Gasteiger partial charge in [-0.1, -0.05) is 107 Å². The van der Waals surface area contributed by atoms with Gasteiger partial charge in [0, 0.05) is 11.5 Å². The van der Waals surface area contributed by atoms with E-state index in [1.165, 1.54) is 75.3 Å². The largest absolute Gasteiger partial charge is 0.207 e. The molecule has 1 fully saturated rings. The molecule has 0 saturated heterocycles. The molecule has 0 nitrogen and oxygen atoms in total. The minimum atomic E-state index is -0.0907. The van der Waals surface area contributed by atoms with E-state index < -0.39 is 0 Å². The van der Waals surface area contributed by atoms with Gasteiger partial charge in [0.05, 0.1) is 0 Å². The molecule has 1 heteroatoms. The minimum absolute atomic E-state index is 0.0907. The molecule has 0 radical (unpaired) electrons. The fraction of sp³-hybridized carbons (Fsp3) is 0.588. The molecule has 190 valence electrons. The maximum atomic E-state index is 14.4. The fourth-order valence-corrected chi connectivity index (χ4v) is 5.39. The van der Waals surface area contributed by atoms with Crippen molar-refractivity contribution in [1.82, 2.24) is 0 Å². The van der Waals surface area contributed by atoms with Crippen LogP contribution in [0.15, 0.2) is 42.5 Å². The summed E-state index contributed by atoms with van der Waals surface area (Å²) in [5.74, 6) is 7.72. The third-order valence-electron chi connectivity index (χ3n) is 7.77. The zero-order chi connectivity index (χ0) is 24.7. The van der Waals surface area contributed by atoms with Gasteiger partial charge in [0.1, 0.15) is 5.82 Å². The van der Waals surface area contributed by atoms with Crippen LogP contribution >= 0.6 is 0 Å². The molecule has 2 aromatic carbocycles. The molecule has 0 atom stereocenters. The average Bonchev–Trinajstić information content (AvgIpc) is 2.89. The van der Waals surface area contributed by atoms with E-state index in [0.717, 1.165) is 49.7 Å². The van der Waals surface area contributed by atoms with E-state index in [2.05, 4.69) is 50.0 Å². The molecule has 1 saturated carbocycles. The Kier molecular flexibility index (Phi) is 12.4. The van der Waals surface area contributed by atoms with E-state index in [0.29, 0.717) is 11.8 Å². The second kappa shape index (κ2) is 15.8. The van der Waals surface area contributed by atoms with Gasteiger partial charge in [0.15, 0.2) is 0 Å². The number of aryl methyl sites for hydroxylation is 2. The summed E-state index contributed by atoms with van der Waals surface area (Å²) in [6.45, 7) is 4.46. The van der Waals surface area contributed by atoms with Crippen LogP contribution in [-0.2, 0) is 12.8 Å². The lowest BCUT2D eigenvalue weighted by Gasteiger charge is -2.26. The first-order valence-electron chi connectivity index (χ1n) is 14.6. The molecule has 0 N–H and O–H groups in total. The summed E-state index contributed by atoms with van der Waals surface area (Å²) in [6, 6.07) is 15.0. The van der Waals surface area contributed by atoms with E-state index in [4.69, 9.17) is 0 Å². The summed E-state index contributed by atoms with van der Waals surface area (Å²) in [4.78, 5) is 0. The summed E-state index contributed by atoms with van der Waals surface area (Å²) in [7, 11) is 0. The molecule has 0 aromatic heterocycles. The van der Waals surface area contributed by atoms with Crippen molar-refractivity contribution in [3.05, 3.63) is 70.5 Å². The van der Waals surface area contributed by atoms with Crippen LogP contribution in [0.25, 0.3) is 0 Å². The molecule has 1 aliphatic carbocycles. The topological polar surface area (TPSA) is 0 Å². The number of unbranched alkanes of at least 4 members (excludes halogenated alkanes) is 8. The third kappa shape index (κ3) is 9.83. The van der Waals surface area contributed by atoms with E-state index in [1.54, 1.807) is 6.07 Å². The average molecular weight is 475 g/mol. The van der Waals surface area contributed by atoms with E-state index >= 15 is 0 Å². The van der Waals surface area contributed by atoms with Gasteiger partial charge in [-0.2, -0.15) is 0 Å². The Morgan fingerprint density at radius 1 is 0.714 bits per heavy atom. The quantitative estimate of drug-likeness (QED) is 0.200. The van der Waals surface area contributed by atoms with Crippen LogP contribution in [0.2, 0.25) is 0 Å². The first-order valence-corrected chi connectivity index (χ1v) is 14.6. The van der Waals surface area contributed by atoms with Gasteiger partial charge in [-0.25, -0.2) is 4.39 Å². The zero-order valence-electron chi connectivity index (χ0n) is 22.4. The smallest absolute Gasteiger partial charge is 0.127 e. The first kappa shape index (κ1) is 27.5. The Labute approximate surface area is 215 Å². The lowest BCUT2D eigenvalue weighted by Crippen LogP contribution is -2.12. The van der Waals surface area contributed by atoms with Gasteiger partial charge in [-0.3, -0.25) is 0 Å². The molecular formula is C34H47F. The SMILES string of the molecule is CCCCCCCCCc1ccc([C@H]2CC[C@H](C#Cc3ccc(CCCCC)c(F)c3)CC2)cc1. The van der Waals surface area contributed by atoms with Crippen LogP contribution in [0.3, 0.4) is 0 Å². The molecule has 0 amide bonds. The molecule has 0 bridgehead atoms. The third-order valence-corrected chi connectivity index (χ3v) is 7.77. The van der Waals surface area contributed by atoms with Crippen molar-refractivity contribution in [2.24, 2.45) is 5.92 Å². The van der Waals surface area contributed by atoms with Crippen LogP contribution in [0, 0.1) is 23.6 Å². The summed E-state index contributed by atoms with van der Waals surface area (Å²) < 4.78 is 14.4. The summed E-state index contributed by atoms with van der Waals surface area (Å²) >= 11 is 0. The Balaban J connectivity index is 1.39. The molecule has 35 heavy (non-hydrogen) atoms. The molecule has 0 unspecified atom stereocenters. The lowest BCUT2D eigenvalue weighted by atomic mass is 9.78. The number of hydrogen-bond donors (Lipinski definition) is 0. The Morgan fingerprint density at radius 2 is 1.34 bits per heavy atom. The van der Waals surface area contributed by atoms with Crippen LogP contribution in [-0.4, -0.2) is 0 Å².